The largest absolute Gasteiger partial charge is 0.497 e. The fourth-order valence-corrected chi connectivity index (χ4v) is 2.58. The van der Waals surface area contributed by atoms with Crippen LogP contribution in [0.4, 0.5) is 0 Å². The Hall–Kier alpha value is -2.79. The summed E-state index contributed by atoms with van der Waals surface area (Å²) in [4.78, 5) is 27.1. The minimum absolute atomic E-state index is 0.128. The number of pyridine rings is 1. The zero-order valence-corrected chi connectivity index (χ0v) is 13.7. The lowest BCUT2D eigenvalue weighted by Crippen LogP contribution is -2.26. The van der Waals surface area contributed by atoms with Gasteiger partial charge in [0.25, 0.3) is 11.5 Å². The van der Waals surface area contributed by atoms with Gasteiger partial charge in [-0.3, -0.25) is 9.59 Å². The summed E-state index contributed by atoms with van der Waals surface area (Å²) in [7, 11) is 1.57. The van der Waals surface area contributed by atoms with E-state index in [0.717, 1.165) is 5.39 Å². The first-order valence-electron chi connectivity index (χ1n) is 7.30. The van der Waals surface area contributed by atoms with Crippen molar-refractivity contribution in [2.45, 2.75) is 6.54 Å². The smallest absolute Gasteiger partial charge is 0.253 e. The molecule has 1 amide bonds. The number of ether oxygens (including phenoxy) is 1. The SMILES string of the molecule is COc1ccc2cc(CNC(=O)c3cccc(Cl)c3)c(=O)[nH]c2c1. The maximum absolute atomic E-state index is 12.2. The number of rotatable bonds is 4. The highest BCUT2D eigenvalue weighted by molar-refractivity contribution is 6.30. The van der Waals surface area contributed by atoms with Gasteiger partial charge in [-0.1, -0.05) is 17.7 Å². The lowest BCUT2D eigenvalue weighted by Gasteiger charge is -2.07. The molecule has 3 aromatic rings. The van der Waals surface area contributed by atoms with Crippen LogP contribution in [0.3, 0.4) is 0 Å². The zero-order valence-electron chi connectivity index (χ0n) is 12.9. The predicted molar refractivity (Wildman–Crippen MR) is 93.7 cm³/mol. The van der Waals surface area contributed by atoms with Crippen LogP contribution in [0.5, 0.6) is 5.75 Å². The Morgan fingerprint density at radius 2 is 2.04 bits per heavy atom. The monoisotopic (exact) mass is 342 g/mol. The Morgan fingerprint density at radius 3 is 2.79 bits per heavy atom. The van der Waals surface area contributed by atoms with E-state index in [1.54, 1.807) is 43.5 Å². The van der Waals surface area contributed by atoms with E-state index in [1.165, 1.54) is 0 Å². The Kier molecular flexibility index (Phi) is 4.53. The van der Waals surface area contributed by atoms with Crippen LogP contribution in [0.15, 0.2) is 53.3 Å². The van der Waals surface area contributed by atoms with Crippen LogP contribution >= 0.6 is 11.6 Å². The van der Waals surface area contributed by atoms with Gasteiger partial charge in [0, 0.05) is 28.8 Å². The molecule has 0 bridgehead atoms. The van der Waals surface area contributed by atoms with Crippen molar-refractivity contribution in [1.29, 1.82) is 0 Å². The van der Waals surface area contributed by atoms with Gasteiger partial charge < -0.3 is 15.0 Å². The molecule has 0 aliphatic rings. The number of halogens is 1. The van der Waals surface area contributed by atoms with E-state index < -0.39 is 0 Å². The van der Waals surface area contributed by atoms with Crippen LogP contribution in [-0.2, 0) is 6.54 Å². The molecule has 122 valence electrons. The van der Waals surface area contributed by atoms with Crippen molar-refractivity contribution in [2.75, 3.05) is 7.11 Å². The maximum atomic E-state index is 12.2. The minimum atomic E-state index is -0.285. The lowest BCUT2D eigenvalue weighted by atomic mass is 10.1. The molecule has 0 fully saturated rings. The number of carbonyl (C=O) groups excluding carboxylic acids is 1. The lowest BCUT2D eigenvalue weighted by molar-refractivity contribution is 0.0951. The summed E-state index contributed by atoms with van der Waals surface area (Å²) in [5, 5.41) is 4.08. The summed E-state index contributed by atoms with van der Waals surface area (Å²) < 4.78 is 5.14. The quantitative estimate of drug-likeness (QED) is 0.765. The van der Waals surface area contributed by atoms with Crippen molar-refractivity contribution >= 4 is 28.4 Å². The first-order chi connectivity index (χ1) is 11.6. The molecule has 24 heavy (non-hydrogen) atoms. The molecule has 0 radical (unpaired) electrons. The first kappa shape index (κ1) is 16.1. The third-order valence-corrected chi connectivity index (χ3v) is 3.89. The van der Waals surface area contributed by atoms with Crippen LogP contribution in [0.25, 0.3) is 10.9 Å². The standard InChI is InChI=1S/C18H15ClN2O3/c1-24-15-6-5-11-7-13(18(23)21-16(11)9-15)10-20-17(22)12-3-2-4-14(19)8-12/h2-9H,10H2,1H3,(H,20,22)(H,21,23). The first-order valence-corrected chi connectivity index (χ1v) is 7.68. The molecule has 0 atom stereocenters. The molecule has 2 N–H and O–H groups in total. The molecule has 5 nitrogen and oxygen atoms in total. The maximum Gasteiger partial charge on any atom is 0.253 e. The Labute approximate surface area is 143 Å². The molecule has 6 heteroatoms. The van der Waals surface area contributed by atoms with Crippen LogP contribution in [-0.4, -0.2) is 18.0 Å². The molecule has 0 unspecified atom stereocenters. The number of hydrogen-bond acceptors (Lipinski definition) is 3. The molecule has 1 aromatic heterocycles. The highest BCUT2D eigenvalue weighted by Crippen LogP contribution is 2.18. The van der Waals surface area contributed by atoms with Crippen molar-refractivity contribution in [3.8, 4) is 5.75 Å². The fourth-order valence-electron chi connectivity index (χ4n) is 2.39. The van der Waals surface area contributed by atoms with Gasteiger partial charge in [0.2, 0.25) is 0 Å². The molecular formula is C18H15ClN2O3. The third-order valence-electron chi connectivity index (χ3n) is 3.66. The molecule has 0 spiro atoms. The minimum Gasteiger partial charge on any atom is -0.497 e. The average Bonchev–Trinajstić information content (AvgIpc) is 2.59. The topological polar surface area (TPSA) is 71.2 Å². The Morgan fingerprint density at radius 1 is 1.21 bits per heavy atom. The van der Waals surface area contributed by atoms with E-state index in [9.17, 15) is 9.59 Å². The summed E-state index contributed by atoms with van der Waals surface area (Å²) in [5.41, 5.74) is 1.36. The summed E-state index contributed by atoms with van der Waals surface area (Å²) in [6, 6.07) is 13.8. The zero-order chi connectivity index (χ0) is 17.1. The number of aromatic nitrogens is 1. The molecule has 0 aliphatic carbocycles. The Bertz CT molecular complexity index is 966. The van der Waals surface area contributed by atoms with Crippen LogP contribution in [0.1, 0.15) is 15.9 Å². The van der Waals surface area contributed by atoms with Gasteiger partial charge >= 0.3 is 0 Å². The number of fused-ring (bicyclic) bond motifs is 1. The van der Waals surface area contributed by atoms with E-state index in [-0.39, 0.29) is 18.0 Å². The van der Waals surface area contributed by atoms with Gasteiger partial charge in [0.1, 0.15) is 5.75 Å². The molecular weight excluding hydrogens is 328 g/mol. The normalized spacial score (nSPS) is 10.6. The van der Waals surface area contributed by atoms with E-state index in [4.69, 9.17) is 16.3 Å². The Balaban J connectivity index is 1.81. The van der Waals surface area contributed by atoms with Gasteiger partial charge in [-0.2, -0.15) is 0 Å². The number of carbonyl (C=O) groups is 1. The van der Waals surface area contributed by atoms with Crippen LogP contribution in [0.2, 0.25) is 5.02 Å². The van der Waals surface area contributed by atoms with Gasteiger partial charge in [-0.15, -0.1) is 0 Å². The highest BCUT2D eigenvalue weighted by atomic mass is 35.5. The van der Waals surface area contributed by atoms with Crippen LogP contribution in [0, 0.1) is 0 Å². The van der Waals surface area contributed by atoms with E-state index >= 15 is 0 Å². The average molecular weight is 343 g/mol. The number of aromatic amines is 1. The number of nitrogens with one attached hydrogen (secondary N) is 2. The summed E-state index contributed by atoms with van der Waals surface area (Å²) in [6.07, 6.45) is 0. The van der Waals surface area contributed by atoms with Gasteiger partial charge in [0.05, 0.1) is 12.6 Å². The molecule has 3 rings (SSSR count). The van der Waals surface area contributed by atoms with Crippen molar-refractivity contribution < 1.29 is 9.53 Å². The number of hydrogen-bond donors (Lipinski definition) is 2. The second-order valence-electron chi connectivity index (χ2n) is 5.27. The summed E-state index contributed by atoms with van der Waals surface area (Å²) in [5.74, 6) is 0.381. The summed E-state index contributed by atoms with van der Waals surface area (Å²) in [6.45, 7) is 0.128. The second-order valence-corrected chi connectivity index (χ2v) is 5.71. The molecule has 0 saturated carbocycles. The number of benzene rings is 2. The summed E-state index contributed by atoms with van der Waals surface area (Å²) >= 11 is 5.88. The third kappa shape index (κ3) is 3.41. The predicted octanol–water partition coefficient (Wildman–Crippen LogP) is 3.12. The van der Waals surface area contributed by atoms with Crippen molar-refractivity contribution in [2.24, 2.45) is 0 Å². The van der Waals surface area contributed by atoms with Gasteiger partial charge in [-0.05, 0) is 41.8 Å². The van der Waals surface area contributed by atoms with Gasteiger partial charge in [-0.25, -0.2) is 0 Å². The second kappa shape index (κ2) is 6.76. The molecule has 0 saturated heterocycles. The fraction of sp³-hybridized carbons (Fsp3) is 0.111. The van der Waals surface area contributed by atoms with E-state index in [1.807, 2.05) is 12.1 Å². The van der Waals surface area contributed by atoms with Gasteiger partial charge in [0.15, 0.2) is 0 Å². The number of H-pyrrole nitrogens is 1. The van der Waals surface area contributed by atoms with Crippen molar-refractivity contribution in [3.05, 3.63) is 75.0 Å². The van der Waals surface area contributed by atoms with Crippen LogP contribution < -0.4 is 15.6 Å². The molecule has 1 heterocycles. The molecule has 2 aromatic carbocycles. The molecule has 0 aliphatic heterocycles. The van der Waals surface area contributed by atoms with E-state index in [2.05, 4.69) is 10.3 Å². The van der Waals surface area contributed by atoms with Crippen molar-refractivity contribution in [3.63, 3.8) is 0 Å². The number of amides is 1. The van der Waals surface area contributed by atoms with Crippen molar-refractivity contribution in [1.82, 2.24) is 10.3 Å². The highest BCUT2D eigenvalue weighted by Gasteiger charge is 2.08. The number of methoxy groups -OCH3 is 1. The van der Waals surface area contributed by atoms with E-state index in [0.29, 0.717) is 27.4 Å².